The number of halogens is 1. The molecule has 0 amide bonds. The molecule has 0 atom stereocenters. The van der Waals surface area contributed by atoms with Crippen molar-refractivity contribution in [2.45, 2.75) is 19.4 Å². The van der Waals surface area contributed by atoms with Gasteiger partial charge in [0, 0.05) is 11.8 Å². The molecule has 1 heterocycles. The summed E-state index contributed by atoms with van der Waals surface area (Å²) < 4.78 is 12.7. The normalized spacial score (nSPS) is 10.7. The maximum Gasteiger partial charge on any atom is 0.235 e. The van der Waals surface area contributed by atoms with Gasteiger partial charge in [0.05, 0.1) is 11.7 Å². The quantitative estimate of drug-likeness (QED) is 0.514. The smallest absolute Gasteiger partial charge is 0.235 e. The molecule has 0 bridgehead atoms. The van der Waals surface area contributed by atoms with Crippen LogP contribution in [0.4, 0.5) is 4.39 Å². The fourth-order valence-electron chi connectivity index (χ4n) is 0.925. The molecule has 1 aromatic heterocycles. The predicted molar refractivity (Wildman–Crippen MR) is 45.3 cm³/mol. The van der Waals surface area contributed by atoms with Crippen LogP contribution in [0.1, 0.15) is 19.4 Å². The Morgan fingerprint density at radius 2 is 2.23 bits per heavy atom. The van der Waals surface area contributed by atoms with Gasteiger partial charge in [0.1, 0.15) is 5.82 Å². The molecule has 1 rings (SSSR count). The molecule has 3 nitrogen and oxygen atoms in total. The Balaban J connectivity index is 3.13. The van der Waals surface area contributed by atoms with Gasteiger partial charge in [0.25, 0.3) is 0 Å². The molecule has 0 fully saturated rings. The second kappa shape index (κ2) is 3.46. The van der Waals surface area contributed by atoms with E-state index in [1.807, 2.05) is 0 Å². The Bertz CT molecular complexity index is 356. The largest absolute Gasteiger partial charge is 0.261 e. The minimum Gasteiger partial charge on any atom is -0.261 e. The molecule has 0 aliphatic rings. The van der Waals surface area contributed by atoms with Crippen LogP contribution >= 0.6 is 0 Å². The van der Waals surface area contributed by atoms with Gasteiger partial charge >= 0.3 is 0 Å². The average molecular weight is 180 g/mol. The number of hydrogen-bond donors (Lipinski definition) is 0. The third-order valence-corrected chi connectivity index (χ3v) is 1.74. The topological polar surface area (TPSA) is 42.3 Å². The minimum absolute atomic E-state index is 0.438. The summed E-state index contributed by atoms with van der Waals surface area (Å²) in [6.07, 6.45) is 4.03. The predicted octanol–water partition coefficient (Wildman–Crippen LogP) is 1.79. The van der Waals surface area contributed by atoms with Crippen molar-refractivity contribution in [2.75, 3.05) is 0 Å². The third kappa shape index (κ3) is 2.20. The first-order valence-electron chi connectivity index (χ1n) is 3.76. The molecule has 1 aromatic rings. The zero-order valence-corrected chi connectivity index (χ0v) is 7.41. The highest BCUT2D eigenvalue weighted by molar-refractivity contribution is 5.36. The Kier molecular flexibility index (Phi) is 2.54. The molecular weight excluding hydrogens is 171 g/mol. The van der Waals surface area contributed by atoms with E-state index in [2.05, 4.69) is 9.98 Å². The molecule has 0 radical (unpaired) electrons. The maximum absolute atomic E-state index is 12.7. The molecule has 13 heavy (non-hydrogen) atoms. The van der Waals surface area contributed by atoms with Crippen molar-refractivity contribution in [3.63, 3.8) is 0 Å². The van der Waals surface area contributed by atoms with E-state index >= 15 is 0 Å². The van der Waals surface area contributed by atoms with Crippen LogP contribution < -0.4 is 0 Å². The summed E-state index contributed by atoms with van der Waals surface area (Å²) in [4.78, 5) is 17.3. The highest BCUT2D eigenvalue weighted by Gasteiger charge is 2.19. The molecule has 0 aromatic carbocycles. The lowest BCUT2D eigenvalue weighted by Gasteiger charge is -2.16. The summed E-state index contributed by atoms with van der Waals surface area (Å²) in [6.45, 7) is 3.38. The lowest BCUT2D eigenvalue weighted by atomic mass is 9.97. The average Bonchev–Trinajstić information content (AvgIpc) is 2.04. The number of carbonyl (C=O) groups excluding carboxylic acids is 1. The van der Waals surface area contributed by atoms with Crippen LogP contribution in [0.3, 0.4) is 0 Å². The van der Waals surface area contributed by atoms with E-state index in [1.54, 1.807) is 13.8 Å². The van der Waals surface area contributed by atoms with Crippen LogP contribution in [0.5, 0.6) is 0 Å². The van der Waals surface area contributed by atoms with Crippen LogP contribution in [-0.4, -0.2) is 11.1 Å². The van der Waals surface area contributed by atoms with Crippen molar-refractivity contribution in [1.82, 2.24) is 4.98 Å². The number of nitrogens with zero attached hydrogens (tertiary/aromatic N) is 2. The first-order valence-corrected chi connectivity index (χ1v) is 3.76. The van der Waals surface area contributed by atoms with Crippen LogP contribution in [0.15, 0.2) is 23.5 Å². The fraction of sp³-hybridized carbons (Fsp3) is 0.333. The zero-order valence-electron chi connectivity index (χ0n) is 7.41. The highest BCUT2D eigenvalue weighted by Crippen LogP contribution is 2.23. The van der Waals surface area contributed by atoms with Crippen LogP contribution in [0.2, 0.25) is 0 Å². The Morgan fingerprint density at radius 1 is 1.54 bits per heavy atom. The van der Waals surface area contributed by atoms with Crippen molar-refractivity contribution >= 4 is 6.08 Å². The van der Waals surface area contributed by atoms with Gasteiger partial charge in [-0.3, -0.25) is 4.98 Å². The lowest BCUT2D eigenvalue weighted by Crippen LogP contribution is -2.13. The van der Waals surface area contributed by atoms with Gasteiger partial charge in [-0.2, -0.15) is 4.99 Å². The Morgan fingerprint density at radius 3 is 2.77 bits per heavy atom. The number of isocyanates is 1. The molecule has 0 spiro atoms. The molecule has 0 unspecified atom stereocenters. The molecular formula is C9H9FN2O. The van der Waals surface area contributed by atoms with E-state index in [0.29, 0.717) is 5.56 Å². The second-order valence-electron chi connectivity index (χ2n) is 3.15. The number of hydrogen-bond acceptors (Lipinski definition) is 3. The Hall–Kier alpha value is -1.54. The van der Waals surface area contributed by atoms with Crippen molar-refractivity contribution in [2.24, 2.45) is 4.99 Å². The van der Waals surface area contributed by atoms with Gasteiger partial charge in [-0.25, -0.2) is 9.18 Å². The standard InChI is InChI=1S/C9H9FN2O/c1-9(2,12-6-13)7-3-8(10)5-11-4-7/h3-5H,1-2H3. The molecule has 4 heteroatoms. The summed E-state index contributed by atoms with van der Waals surface area (Å²) in [5.74, 6) is -0.438. The number of rotatable bonds is 2. The first kappa shape index (κ1) is 9.55. The minimum atomic E-state index is -0.767. The Labute approximate surface area is 75.3 Å². The van der Waals surface area contributed by atoms with E-state index in [0.717, 1.165) is 6.20 Å². The van der Waals surface area contributed by atoms with Gasteiger partial charge in [0.2, 0.25) is 6.08 Å². The monoisotopic (exact) mass is 180 g/mol. The third-order valence-electron chi connectivity index (χ3n) is 1.74. The van der Waals surface area contributed by atoms with Crippen molar-refractivity contribution in [3.8, 4) is 0 Å². The first-order chi connectivity index (χ1) is 6.06. The van der Waals surface area contributed by atoms with Crippen molar-refractivity contribution in [1.29, 1.82) is 0 Å². The van der Waals surface area contributed by atoms with Crippen LogP contribution in [0.25, 0.3) is 0 Å². The summed E-state index contributed by atoms with van der Waals surface area (Å²) in [5, 5.41) is 0. The van der Waals surface area contributed by atoms with E-state index in [4.69, 9.17) is 0 Å². The van der Waals surface area contributed by atoms with Crippen LogP contribution in [0, 0.1) is 5.82 Å². The zero-order chi connectivity index (χ0) is 9.90. The highest BCUT2D eigenvalue weighted by atomic mass is 19.1. The number of aliphatic imine (C=N–C) groups is 1. The number of pyridine rings is 1. The van der Waals surface area contributed by atoms with Gasteiger partial charge in [0.15, 0.2) is 0 Å². The van der Waals surface area contributed by atoms with Gasteiger partial charge in [-0.15, -0.1) is 0 Å². The molecule has 68 valence electrons. The summed E-state index contributed by atoms with van der Waals surface area (Å²) >= 11 is 0. The lowest BCUT2D eigenvalue weighted by molar-refractivity contribution is 0.516. The fourth-order valence-corrected chi connectivity index (χ4v) is 0.925. The van der Waals surface area contributed by atoms with E-state index < -0.39 is 11.4 Å². The van der Waals surface area contributed by atoms with Crippen LogP contribution in [-0.2, 0) is 10.3 Å². The molecule has 0 aliphatic heterocycles. The molecule has 0 saturated heterocycles. The molecule has 0 aliphatic carbocycles. The summed E-state index contributed by atoms with van der Waals surface area (Å²) in [5.41, 5.74) is -0.215. The van der Waals surface area contributed by atoms with Crippen molar-refractivity contribution < 1.29 is 9.18 Å². The maximum atomic E-state index is 12.7. The summed E-state index contributed by atoms with van der Waals surface area (Å²) in [7, 11) is 0. The summed E-state index contributed by atoms with van der Waals surface area (Å²) in [6, 6.07) is 1.30. The van der Waals surface area contributed by atoms with Crippen molar-refractivity contribution in [3.05, 3.63) is 29.8 Å². The number of aromatic nitrogens is 1. The molecule has 0 saturated carbocycles. The van der Waals surface area contributed by atoms with Gasteiger partial charge in [-0.05, 0) is 19.9 Å². The second-order valence-corrected chi connectivity index (χ2v) is 3.15. The van der Waals surface area contributed by atoms with E-state index in [9.17, 15) is 9.18 Å². The van der Waals surface area contributed by atoms with E-state index in [-0.39, 0.29) is 0 Å². The van der Waals surface area contributed by atoms with E-state index in [1.165, 1.54) is 18.3 Å². The SMILES string of the molecule is CC(C)(N=C=O)c1cncc(F)c1. The molecule has 0 N–H and O–H groups in total. The van der Waals surface area contributed by atoms with Gasteiger partial charge < -0.3 is 0 Å². The van der Waals surface area contributed by atoms with Gasteiger partial charge in [-0.1, -0.05) is 0 Å².